The van der Waals surface area contributed by atoms with E-state index in [4.69, 9.17) is 0 Å². The molecule has 28 heavy (non-hydrogen) atoms. The summed E-state index contributed by atoms with van der Waals surface area (Å²) in [6.45, 7) is 3.77. The second-order valence-corrected chi connectivity index (χ2v) is 8.02. The van der Waals surface area contributed by atoms with Crippen molar-refractivity contribution >= 4 is 49.7 Å². The van der Waals surface area contributed by atoms with E-state index in [1.165, 1.54) is 16.3 Å². The average Bonchev–Trinajstić information content (AvgIpc) is 3.29. The van der Waals surface area contributed by atoms with Gasteiger partial charge in [0.05, 0.1) is 17.1 Å². The number of halogens is 1. The van der Waals surface area contributed by atoms with Gasteiger partial charge in [0.1, 0.15) is 0 Å². The second-order valence-electron chi connectivity index (χ2n) is 6.32. The Labute approximate surface area is 174 Å². The molecule has 0 saturated heterocycles. The molecule has 3 aromatic rings. The summed E-state index contributed by atoms with van der Waals surface area (Å²) in [5.74, 6) is -0.249. The maximum Gasteiger partial charge on any atom is 0.282 e. The Bertz CT molecular complexity index is 1090. The van der Waals surface area contributed by atoms with Crippen molar-refractivity contribution in [1.29, 1.82) is 0 Å². The van der Waals surface area contributed by atoms with Gasteiger partial charge in [-0.1, -0.05) is 52.3 Å². The lowest BCUT2D eigenvalue weighted by Gasteiger charge is -2.08. The normalized spacial score (nSPS) is 16.8. The van der Waals surface area contributed by atoms with E-state index in [0.717, 1.165) is 21.3 Å². The highest BCUT2D eigenvalue weighted by Crippen LogP contribution is 2.31. The van der Waals surface area contributed by atoms with Crippen molar-refractivity contribution in [3.63, 3.8) is 0 Å². The predicted octanol–water partition coefficient (Wildman–Crippen LogP) is 5.76. The quantitative estimate of drug-likeness (QED) is 0.471. The first kappa shape index (κ1) is 18.6. The van der Waals surface area contributed by atoms with Crippen LogP contribution in [0.25, 0.3) is 11.3 Å². The molecule has 6 nitrogen and oxygen atoms in total. The number of amides is 1. The van der Waals surface area contributed by atoms with E-state index in [1.807, 2.05) is 60.8 Å². The van der Waals surface area contributed by atoms with Crippen LogP contribution < -0.4 is 5.01 Å². The SMILES string of the molecule is CC1=NN(c2nc(-c3ccccc3)cs2)C(=O)[C@H]1N=Nc1ccc(C)c(Br)c1. The number of carbonyl (C=O) groups excluding carboxylic acids is 1. The minimum absolute atomic E-state index is 0.249. The number of anilines is 1. The van der Waals surface area contributed by atoms with Gasteiger partial charge in [0.15, 0.2) is 6.04 Å². The molecule has 0 radical (unpaired) electrons. The van der Waals surface area contributed by atoms with Crippen molar-refractivity contribution in [3.05, 3.63) is 63.9 Å². The number of aryl methyl sites for hydroxylation is 1. The number of hydrogen-bond donors (Lipinski definition) is 0. The van der Waals surface area contributed by atoms with Gasteiger partial charge < -0.3 is 0 Å². The first-order chi connectivity index (χ1) is 13.5. The summed E-state index contributed by atoms with van der Waals surface area (Å²) < 4.78 is 0.949. The minimum Gasteiger partial charge on any atom is -0.269 e. The molecule has 0 saturated carbocycles. The van der Waals surface area contributed by atoms with E-state index in [-0.39, 0.29) is 5.91 Å². The summed E-state index contributed by atoms with van der Waals surface area (Å²) in [5.41, 5.74) is 4.20. The number of carbonyl (C=O) groups is 1. The standard InChI is InChI=1S/C20H16BrN5OS/c1-12-8-9-15(10-16(12)21)23-24-18-13(2)25-26(19(18)27)20-22-17(11-28-20)14-6-4-3-5-7-14/h3-11,18H,1-2H3/t18-/m0/s1. The number of nitrogens with zero attached hydrogens (tertiary/aromatic N) is 5. The van der Waals surface area contributed by atoms with Gasteiger partial charge in [-0.3, -0.25) is 4.79 Å². The Kier molecular flexibility index (Phi) is 5.15. The van der Waals surface area contributed by atoms with E-state index in [0.29, 0.717) is 16.5 Å². The summed E-state index contributed by atoms with van der Waals surface area (Å²) in [7, 11) is 0. The fourth-order valence-corrected chi connectivity index (χ4v) is 3.85. The van der Waals surface area contributed by atoms with Crippen LogP contribution in [0.15, 0.2) is 73.7 Å². The number of thiazole rings is 1. The molecule has 0 bridgehead atoms. The lowest BCUT2D eigenvalue weighted by molar-refractivity contribution is -0.117. The number of rotatable bonds is 4. The monoisotopic (exact) mass is 453 g/mol. The van der Waals surface area contributed by atoms with Crippen LogP contribution in [0.3, 0.4) is 0 Å². The zero-order valence-electron chi connectivity index (χ0n) is 15.2. The van der Waals surface area contributed by atoms with E-state index in [9.17, 15) is 4.79 Å². The van der Waals surface area contributed by atoms with Gasteiger partial charge in [-0.05, 0) is 31.5 Å². The van der Waals surface area contributed by atoms with Gasteiger partial charge in [-0.25, -0.2) is 4.98 Å². The van der Waals surface area contributed by atoms with Crippen LogP contribution >= 0.6 is 27.3 Å². The average molecular weight is 454 g/mol. The highest BCUT2D eigenvalue weighted by atomic mass is 79.9. The molecule has 0 aliphatic carbocycles. The van der Waals surface area contributed by atoms with Gasteiger partial charge in [-0.15, -0.1) is 11.3 Å². The molecule has 1 atom stereocenters. The molecule has 8 heteroatoms. The van der Waals surface area contributed by atoms with Crippen LogP contribution in [0.2, 0.25) is 0 Å². The Morgan fingerprint density at radius 3 is 2.68 bits per heavy atom. The lowest BCUT2D eigenvalue weighted by atomic mass is 10.2. The van der Waals surface area contributed by atoms with Crippen molar-refractivity contribution in [2.75, 3.05) is 5.01 Å². The van der Waals surface area contributed by atoms with Gasteiger partial charge >= 0.3 is 0 Å². The molecule has 1 amide bonds. The summed E-state index contributed by atoms with van der Waals surface area (Å²) in [5, 5.41) is 16.6. The van der Waals surface area contributed by atoms with Crippen molar-refractivity contribution in [2.45, 2.75) is 19.9 Å². The van der Waals surface area contributed by atoms with Crippen LogP contribution in [0, 0.1) is 6.92 Å². The lowest BCUT2D eigenvalue weighted by Crippen LogP contribution is -2.29. The third-order valence-corrected chi connectivity index (χ3v) is 5.95. The number of azo groups is 1. The Morgan fingerprint density at radius 2 is 1.93 bits per heavy atom. The Hall–Kier alpha value is -2.71. The Balaban J connectivity index is 1.54. The van der Waals surface area contributed by atoms with Crippen LogP contribution in [0.4, 0.5) is 10.8 Å². The molecular weight excluding hydrogens is 438 g/mol. The number of aromatic nitrogens is 1. The molecule has 1 aromatic heterocycles. The second kappa shape index (κ2) is 7.73. The van der Waals surface area contributed by atoms with Gasteiger partial charge in [0.2, 0.25) is 5.13 Å². The molecule has 4 rings (SSSR count). The van der Waals surface area contributed by atoms with Gasteiger partial charge in [-0.2, -0.15) is 20.3 Å². The van der Waals surface area contributed by atoms with Crippen LogP contribution in [-0.2, 0) is 4.79 Å². The van der Waals surface area contributed by atoms with Crippen molar-refractivity contribution in [1.82, 2.24) is 4.98 Å². The van der Waals surface area contributed by atoms with Gasteiger partial charge in [0, 0.05) is 15.4 Å². The molecule has 2 heterocycles. The number of hydrazone groups is 1. The van der Waals surface area contributed by atoms with Crippen LogP contribution in [0.5, 0.6) is 0 Å². The van der Waals surface area contributed by atoms with E-state index in [1.54, 1.807) is 6.92 Å². The largest absolute Gasteiger partial charge is 0.282 e. The molecule has 1 aliphatic rings. The fourth-order valence-electron chi connectivity index (χ4n) is 2.70. The molecular formula is C20H16BrN5OS. The zero-order chi connectivity index (χ0) is 19.7. The van der Waals surface area contributed by atoms with Crippen molar-refractivity contribution in [2.24, 2.45) is 15.3 Å². The third-order valence-electron chi connectivity index (χ3n) is 4.28. The van der Waals surface area contributed by atoms with Gasteiger partial charge in [0.25, 0.3) is 5.91 Å². The van der Waals surface area contributed by atoms with E-state index < -0.39 is 6.04 Å². The van der Waals surface area contributed by atoms with Crippen LogP contribution in [-0.4, -0.2) is 22.6 Å². The molecule has 0 fully saturated rings. The number of hydrogen-bond acceptors (Lipinski definition) is 6. The van der Waals surface area contributed by atoms with Crippen molar-refractivity contribution < 1.29 is 4.79 Å². The maximum atomic E-state index is 12.8. The van der Waals surface area contributed by atoms with Crippen LogP contribution in [0.1, 0.15) is 12.5 Å². The zero-order valence-corrected chi connectivity index (χ0v) is 17.6. The first-order valence-electron chi connectivity index (χ1n) is 8.60. The smallest absolute Gasteiger partial charge is 0.269 e. The molecule has 1 aliphatic heterocycles. The highest BCUT2D eigenvalue weighted by Gasteiger charge is 2.36. The summed E-state index contributed by atoms with van der Waals surface area (Å²) >= 11 is 4.85. The summed E-state index contributed by atoms with van der Waals surface area (Å²) in [4.78, 5) is 17.4. The fraction of sp³-hybridized carbons (Fsp3) is 0.150. The number of benzene rings is 2. The molecule has 0 N–H and O–H groups in total. The minimum atomic E-state index is -0.732. The maximum absolute atomic E-state index is 12.8. The molecule has 0 spiro atoms. The molecule has 2 aromatic carbocycles. The summed E-state index contributed by atoms with van der Waals surface area (Å²) in [6.07, 6.45) is 0. The van der Waals surface area contributed by atoms with Crippen molar-refractivity contribution in [3.8, 4) is 11.3 Å². The predicted molar refractivity (Wildman–Crippen MR) is 115 cm³/mol. The first-order valence-corrected chi connectivity index (χ1v) is 10.3. The Morgan fingerprint density at radius 1 is 1.14 bits per heavy atom. The molecule has 0 unspecified atom stereocenters. The topological polar surface area (TPSA) is 70.3 Å². The molecule has 140 valence electrons. The highest BCUT2D eigenvalue weighted by molar-refractivity contribution is 9.10. The summed E-state index contributed by atoms with van der Waals surface area (Å²) in [6, 6.07) is 14.8. The third kappa shape index (κ3) is 3.65. The van der Waals surface area contributed by atoms with E-state index in [2.05, 4.69) is 36.2 Å². The van der Waals surface area contributed by atoms with E-state index >= 15 is 0 Å².